The number of anilines is 1. The van der Waals surface area contributed by atoms with Crippen molar-refractivity contribution in [3.63, 3.8) is 0 Å². The number of aromatic carboxylic acids is 1. The molecule has 0 bridgehead atoms. The van der Waals surface area contributed by atoms with E-state index in [0.29, 0.717) is 0 Å². The molecule has 0 radical (unpaired) electrons. The summed E-state index contributed by atoms with van der Waals surface area (Å²) in [6.45, 7) is 1.25. The minimum atomic E-state index is -1.29. The van der Waals surface area contributed by atoms with Gasteiger partial charge >= 0.3 is 5.97 Å². The van der Waals surface area contributed by atoms with Crippen molar-refractivity contribution in [2.75, 3.05) is 5.32 Å². The van der Waals surface area contributed by atoms with Crippen LogP contribution in [0.2, 0.25) is 0 Å². The molecular weight excluding hydrogens is 350 g/mol. The third-order valence-electron chi connectivity index (χ3n) is 3.51. The highest BCUT2D eigenvalue weighted by Gasteiger charge is 2.25. The number of nitro groups is 2. The zero-order valence-corrected chi connectivity index (χ0v) is 13.1. The molecule has 0 saturated carbocycles. The van der Waals surface area contributed by atoms with E-state index >= 15 is 0 Å². The number of non-ortho nitro benzene ring substituents is 1. The molecule has 0 aliphatic carbocycles. The second-order valence-corrected chi connectivity index (χ2v) is 5.14. The van der Waals surface area contributed by atoms with Crippen molar-refractivity contribution >= 4 is 28.9 Å². The number of rotatable bonds is 5. The fourth-order valence-electron chi connectivity index (χ4n) is 2.18. The van der Waals surface area contributed by atoms with Crippen LogP contribution in [0.4, 0.5) is 17.1 Å². The monoisotopic (exact) mass is 361 g/mol. The van der Waals surface area contributed by atoms with E-state index in [4.69, 9.17) is 5.11 Å². The van der Waals surface area contributed by atoms with Gasteiger partial charge in [-0.15, -0.1) is 0 Å². The zero-order valence-electron chi connectivity index (χ0n) is 13.1. The second-order valence-electron chi connectivity index (χ2n) is 5.14. The van der Waals surface area contributed by atoms with Crippen LogP contribution >= 0.6 is 0 Å². The summed E-state index contributed by atoms with van der Waals surface area (Å²) in [5, 5.41) is 42.8. The first kappa shape index (κ1) is 18.3. The summed E-state index contributed by atoms with van der Waals surface area (Å²) < 4.78 is 0. The Kier molecular flexibility index (Phi) is 4.82. The Bertz CT molecular complexity index is 954. The van der Waals surface area contributed by atoms with E-state index in [9.17, 15) is 34.9 Å². The van der Waals surface area contributed by atoms with Gasteiger partial charge in [0.15, 0.2) is 0 Å². The van der Waals surface area contributed by atoms with Gasteiger partial charge in [0.1, 0.15) is 5.75 Å². The molecule has 2 rings (SSSR count). The fraction of sp³-hybridized carbons (Fsp3) is 0.0667. The summed E-state index contributed by atoms with van der Waals surface area (Å²) in [4.78, 5) is 43.5. The molecular formula is C15H11N3O8. The number of phenolic OH excluding ortho intramolecular Hbond substituents is 1. The van der Waals surface area contributed by atoms with Crippen molar-refractivity contribution in [1.82, 2.24) is 0 Å². The summed E-state index contributed by atoms with van der Waals surface area (Å²) >= 11 is 0. The minimum absolute atomic E-state index is 0.0975. The maximum Gasteiger partial charge on any atom is 0.335 e. The van der Waals surface area contributed by atoms with Gasteiger partial charge < -0.3 is 15.5 Å². The van der Waals surface area contributed by atoms with Gasteiger partial charge in [0.05, 0.1) is 32.7 Å². The molecule has 0 heterocycles. The number of benzene rings is 2. The van der Waals surface area contributed by atoms with Gasteiger partial charge in [-0.1, -0.05) is 0 Å². The standard InChI is InChI=1S/C15H11N3O8/c1-7-10(5-9(17(23)24)6-12(7)18(25)26)14(20)16-11-3-2-8(15(21)22)4-13(11)19/h2-6,19H,1H3,(H,16,20)(H,21,22). The summed E-state index contributed by atoms with van der Waals surface area (Å²) in [5.74, 6) is -2.77. The highest BCUT2D eigenvalue weighted by atomic mass is 16.6. The first-order valence-electron chi connectivity index (χ1n) is 6.93. The normalized spacial score (nSPS) is 10.2. The first-order chi connectivity index (χ1) is 12.1. The van der Waals surface area contributed by atoms with Crippen LogP contribution in [0.5, 0.6) is 5.75 Å². The molecule has 134 valence electrons. The maximum absolute atomic E-state index is 12.4. The number of carboxylic acid groups (broad SMARTS) is 1. The highest BCUT2D eigenvalue weighted by Crippen LogP contribution is 2.30. The Morgan fingerprint density at radius 2 is 1.73 bits per heavy atom. The average molecular weight is 361 g/mol. The van der Waals surface area contributed by atoms with E-state index in [1.54, 1.807) is 0 Å². The minimum Gasteiger partial charge on any atom is -0.506 e. The topological polar surface area (TPSA) is 173 Å². The number of aromatic hydroxyl groups is 1. The Morgan fingerprint density at radius 1 is 1.08 bits per heavy atom. The molecule has 3 N–H and O–H groups in total. The number of nitrogens with zero attached hydrogens (tertiary/aromatic N) is 2. The van der Waals surface area contributed by atoms with Crippen molar-refractivity contribution in [2.24, 2.45) is 0 Å². The van der Waals surface area contributed by atoms with Crippen LogP contribution in [0.3, 0.4) is 0 Å². The lowest BCUT2D eigenvalue weighted by atomic mass is 10.0. The number of nitro benzene ring substituents is 2. The van der Waals surface area contributed by atoms with Gasteiger partial charge in [0.2, 0.25) is 0 Å². The van der Waals surface area contributed by atoms with Crippen molar-refractivity contribution in [3.05, 3.63) is 67.3 Å². The molecule has 0 aliphatic rings. The summed E-state index contributed by atoms with van der Waals surface area (Å²) in [6, 6.07) is 4.77. The molecule has 0 unspecified atom stereocenters. The quantitative estimate of drug-likeness (QED) is 0.413. The van der Waals surface area contributed by atoms with E-state index < -0.39 is 38.8 Å². The predicted molar refractivity (Wildman–Crippen MR) is 87.5 cm³/mol. The maximum atomic E-state index is 12.4. The molecule has 2 aromatic carbocycles. The number of phenols is 1. The van der Waals surface area contributed by atoms with E-state index in [0.717, 1.165) is 30.3 Å². The van der Waals surface area contributed by atoms with Crippen LogP contribution in [0.25, 0.3) is 0 Å². The van der Waals surface area contributed by atoms with Crippen molar-refractivity contribution < 1.29 is 29.6 Å². The predicted octanol–water partition coefficient (Wildman–Crippen LogP) is 2.47. The fourth-order valence-corrected chi connectivity index (χ4v) is 2.18. The molecule has 26 heavy (non-hydrogen) atoms. The van der Waals surface area contributed by atoms with Gasteiger partial charge in [-0.3, -0.25) is 25.0 Å². The van der Waals surface area contributed by atoms with Crippen LogP contribution in [0.1, 0.15) is 26.3 Å². The van der Waals surface area contributed by atoms with E-state index in [-0.39, 0.29) is 22.4 Å². The van der Waals surface area contributed by atoms with Gasteiger partial charge in [0, 0.05) is 11.6 Å². The molecule has 0 aromatic heterocycles. The van der Waals surface area contributed by atoms with Gasteiger partial charge in [-0.2, -0.15) is 0 Å². The zero-order chi connectivity index (χ0) is 19.6. The lowest BCUT2D eigenvalue weighted by Crippen LogP contribution is -2.15. The Balaban J connectivity index is 2.45. The lowest BCUT2D eigenvalue weighted by molar-refractivity contribution is -0.394. The van der Waals surface area contributed by atoms with Crippen molar-refractivity contribution in [2.45, 2.75) is 6.92 Å². The molecule has 0 fully saturated rings. The number of carbonyl (C=O) groups excluding carboxylic acids is 1. The average Bonchev–Trinajstić information content (AvgIpc) is 2.55. The third kappa shape index (κ3) is 3.56. The molecule has 0 saturated heterocycles. The molecule has 11 heteroatoms. The molecule has 0 aliphatic heterocycles. The van der Waals surface area contributed by atoms with Crippen LogP contribution < -0.4 is 5.32 Å². The van der Waals surface area contributed by atoms with E-state index in [2.05, 4.69) is 5.32 Å². The second kappa shape index (κ2) is 6.84. The molecule has 2 aromatic rings. The summed E-state index contributed by atoms with van der Waals surface area (Å²) in [6.07, 6.45) is 0. The van der Waals surface area contributed by atoms with Crippen LogP contribution in [0, 0.1) is 27.2 Å². The van der Waals surface area contributed by atoms with E-state index in [1.165, 1.54) is 6.92 Å². The number of nitrogens with one attached hydrogen (secondary N) is 1. The third-order valence-corrected chi connectivity index (χ3v) is 3.51. The largest absolute Gasteiger partial charge is 0.506 e. The Hall–Kier alpha value is -4.02. The van der Waals surface area contributed by atoms with Gasteiger partial charge in [-0.25, -0.2) is 4.79 Å². The number of carbonyl (C=O) groups is 2. The molecule has 0 spiro atoms. The molecule has 1 amide bonds. The van der Waals surface area contributed by atoms with E-state index in [1.807, 2.05) is 0 Å². The van der Waals surface area contributed by atoms with Crippen LogP contribution in [0.15, 0.2) is 30.3 Å². The van der Waals surface area contributed by atoms with Crippen molar-refractivity contribution in [3.8, 4) is 5.75 Å². The smallest absolute Gasteiger partial charge is 0.335 e. The first-order valence-corrected chi connectivity index (χ1v) is 6.93. The number of carboxylic acids is 1. The van der Waals surface area contributed by atoms with Crippen molar-refractivity contribution in [1.29, 1.82) is 0 Å². The highest BCUT2D eigenvalue weighted by molar-refractivity contribution is 6.07. The number of amides is 1. The van der Waals surface area contributed by atoms with Gasteiger partial charge in [-0.05, 0) is 25.1 Å². The SMILES string of the molecule is Cc1c(C(=O)Nc2ccc(C(=O)O)cc2O)cc([N+](=O)[O-])cc1[N+](=O)[O-]. The van der Waals surface area contributed by atoms with Gasteiger partial charge in [0.25, 0.3) is 17.3 Å². The van der Waals surface area contributed by atoms with Crippen LogP contribution in [-0.4, -0.2) is 31.9 Å². The lowest BCUT2D eigenvalue weighted by Gasteiger charge is -2.10. The Labute approximate surface area is 144 Å². The van der Waals surface area contributed by atoms with Crippen LogP contribution in [-0.2, 0) is 0 Å². The number of hydrogen-bond donors (Lipinski definition) is 3. The summed E-state index contributed by atoms with van der Waals surface area (Å²) in [7, 11) is 0. The number of hydrogen-bond acceptors (Lipinski definition) is 7. The molecule has 0 atom stereocenters. The Morgan fingerprint density at radius 3 is 2.23 bits per heavy atom. The molecule has 11 nitrogen and oxygen atoms in total. The summed E-state index contributed by atoms with van der Waals surface area (Å²) in [5.41, 5.74) is -2.05.